The molecule has 4 nitrogen and oxygen atoms in total. The molecule has 0 N–H and O–H groups in total. The van der Waals surface area contributed by atoms with Crippen molar-refractivity contribution in [2.45, 2.75) is 38.3 Å². The Labute approximate surface area is 121 Å². The van der Waals surface area contributed by atoms with E-state index in [4.69, 9.17) is 0 Å². The maximum Gasteiger partial charge on any atom is 0.250 e. The average Bonchev–Trinajstić information content (AvgIpc) is 2.98. The lowest BCUT2D eigenvalue weighted by atomic mass is 10.1. The fraction of sp³-hybridized carbons (Fsp3) is 0.688. The molecule has 0 radical (unpaired) electrons. The van der Waals surface area contributed by atoms with Gasteiger partial charge in [0.25, 0.3) is 5.56 Å². The number of hydrogen-bond donors (Lipinski definition) is 0. The van der Waals surface area contributed by atoms with Crippen LogP contribution in [0.1, 0.15) is 31.2 Å². The zero-order chi connectivity index (χ0) is 13.9. The molecular formula is C16H25N3O. The number of nitrogens with zero attached hydrogens (tertiary/aromatic N) is 3. The molecule has 1 aromatic rings. The summed E-state index contributed by atoms with van der Waals surface area (Å²) in [5, 5.41) is 0. The van der Waals surface area contributed by atoms with Gasteiger partial charge in [-0.3, -0.25) is 14.6 Å². The highest BCUT2D eigenvalue weighted by molar-refractivity contribution is 5.10. The standard InChI is InChI=1S/C16H25N3O/c1-17-7-6-14(12-16(17)20)13-18-8-10-19(11-9-18)15-4-2-3-5-15/h6-7,12,15H,2-5,8-11,13H2,1H3. The molecule has 1 saturated carbocycles. The zero-order valence-corrected chi connectivity index (χ0v) is 12.4. The van der Waals surface area contributed by atoms with Crippen LogP contribution < -0.4 is 5.56 Å². The van der Waals surface area contributed by atoms with Crippen LogP contribution in [-0.2, 0) is 13.6 Å². The Hall–Kier alpha value is -1.13. The number of aryl methyl sites for hydroxylation is 1. The van der Waals surface area contributed by atoms with Crippen LogP contribution in [0.15, 0.2) is 23.1 Å². The van der Waals surface area contributed by atoms with Crippen molar-refractivity contribution in [1.82, 2.24) is 14.4 Å². The quantitative estimate of drug-likeness (QED) is 0.836. The van der Waals surface area contributed by atoms with Crippen LogP contribution in [0.5, 0.6) is 0 Å². The van der Waals surface area contributed by atoms with E-state index >= 15 is 0 Å². The van der Waals surface area contributed by atoms with E-state index in [1.54, 1.807) is 17.7 Å². The van der Waals surface area contributed by atoms with Gasteiger partial charge < -0.3 is 4.57 Å². The van der Waals surface area contributed by atoms with Crippen molar-refractivity contribution in [2.24, 2.45) is 7.05 Å². The Morgan fingerprint density at radius 2 is 1.85 bits per heavy atom. The Morgan fingerprint density at radius 3 is 2.50 bits per heavy atom. The first-order valence-electron chi connectivity index (χ1n) is 7.84. The molecule has 1 aliphatic heterocycles. The first-order valence-corrected chi connectivity index (χ1v) is 7.84. The fourth-order valence-corrected chi connectivity index (χ4v) is 3.50. The van der Waals surface area contributed by atoms with Crippen molar-refractivity contribution in [3.8, 4) is 0 Å². The lowest BCUT2D eigenvalue weighted by Crippen LogP contribution is -2.49. The van der Waals surface area contributed by atoms with E-state index in [1.165, 1.54) is 38.8 Å². The second kappa shape index (κ2) is 6.10. The Morgan fingerprint density at radius 1 is 1.15 bits per heavy atom. The summed E-state index contributed by atoms with van der Waals surface area (Å²) in [5.74, 6) is 0. The topological polar surface area (TPSA) is 28.5 Å². The molecule has 0 aromatic carbocycles. The molecule has 0 unspecified atom stereocenters. The molecule has 20 heavy (non-hydrogen) atoms. The van der Waals surface area contributed by atoms with E-state index in [-0.39, 0.29) is 5.56 Å². The molecule has 2 heterocycles. The maximum atomic E-state index is 11.6. The fourth-order valence-electron chi connectivity index (χ4n) is 3.50. The summed E-state index contributed by atoms with van der Waals surface area (Å²) < 4.78 is 1.63. The van der Waals surface area contributed by atoms with Crippen molar-refractivity contribution in [1.29, 1.82) is 0 Å². The molecule has 1 aliphatic carbocycles. The minimum absolute atomic E-state index is 0.0899. The summed E-state index contributed by atoms with van der Waals surface area (Å²) >= 11 is 0. The van der Waals surface area contributed by atoms with E-state index in [1.807, 2.05) is 6.20 Å². The summed E-state index contributed by atoms with van der Waals surface area (Å²) in [7, 11) is 1.80. The minimum Gasteiger partial charge on any atom is -0.319 e. The van der Waals surface area contributed by atoms with E-state index < -0.39 is 0 Å². The van der Waals surface area contributed by atoms with Gasteiger partial charge in [0.1, 0.15) is 0 Å². The molecule has 0 spiro atoms. The summed E-state index contributed by atoms with van der Waals surface area (Å²) in [5.41, 5.74) is 1.23. The lowest BCUT2D eigenvalue weighted by Gasteiger charge is -2.38. The molecule has 3 rings (SSSR count). The highest BCUT2D eigenvalue weighted by atomic mass is 16.1. The molecule has 0 amide bonds. The predicted octanol–water partition coefficient (Wildman–Crippen LogP) is 1.45. The van der Waals surface area contributed by atoms with E-state index in [9.17, 15) is 4.79 Å². The highest BCUT2D eigenvalue weighted by Gasteiger charge is 2.25. The van der Waals surface area contributed by atoms with Crippen LogP contribution >= 0.6 is 0 Å². The summed E-state index contributed by atoms with van der Waals surface area (Å²) in [4.78, 5) is 16.8. The van der Waals surface area contributed by atoms with Crippen LogP contribution in [0, 0.1) is 0 Å². The third-order valence-corrected chi connectivity index (χ3v) is 4.82. The summed E-state index contributed by atoms with van der Waals surface area (Å²) in [6.45, 7) is 5.55. The molecule has 1 aromatic heterocycles. The number of aromatic nitrogens is 1. The molecule has 2 fully saturated rings. The van der Waals surface area contributed by atoms with Gasteiger partial charge >= 0.3 is 0 Å². The van der Waals surface area contributed by atoms with Crippen molar-refractivity contribution in [3.05, 3.63) is 34.2 Å². The summed E-state index contributed by atoms with van der Waals surface area (Å²) in [6.07, 6.45) is 7.49. The third kappa shape index (κ3) is 3.13. The van der Waals surface area contributed by atoms with E-state index in [0.29, 0.717) is 0 Å². The zero-order valence-electron chi connectivity index (χ0n) is 12.4. The number of rotatable bonds is 3. The van der Waals surface area contributed by atoms with Crippen molar-refractivity contribution in [3.63, 3.8) is 0 Å². The normalized spacial score (nSPS) is 22.4. The van der Waals surface area contributed by atoms with Gasteiger partial charge in [0, 0.05) is 58.1 Å². The first-order chi connectivity index (χ1) is 9.72. The van der Waals surface area contributed by atoms with Crippen molar-refractivity contribution in [2.75, 3.05) is 26.2 Å². The van der Waals surface area contributed by atoms with E-state index in [0.717, 1.165) is 31.2 Å². The van der Waals surface area contributed by atoms with Crippen LogP contribution in [0.25, 0.3) is 0 Å². The van der Waals surface area contributed by atoms with E-state index in [2.05, 4.69) is 15.9 Å². The summed E-state index contributed by atoms with van der Waals surface area (Å²) in [6, 6.07) is 4.68. The Balaban J connectivity index is 1.53. The predicted molar refractivity (Wildman–Crippen MR) is 80.8 cm³/mol. The van der Waals surface area contributed by atoms with Gasteiger partial charge in [-0.15, -0.1) is 0 Å². The van der Waals surface area contributed by atoms with Crippen LogP contribution in [-0.4, -0.2) is 46.6 Å². The molecule has 0 atom stereocenters. The molecule has 110 valence electrons. The van der Waals surface area contributed by atoms with Crippen molar-refractivity contribution >= 4 is 0 Å². The third-order valence-electron chi connectivity index (χ3n) is 4.82. The maximum absolute atomic E-state index is 11.6. The highest BCUT2D eigenvalue weighted by Crippen LogP contribution is 2.24. The van der Waals surface area contributed by atoms with Gasteiger partial charge in [-0.05, 0) is 24.5 Å². The van der Waals surface area contributed by atoms with Gasteiger partial charge in [-0.25, -0.2) is 0 Å². The van der Waals surface area contributed by atoms with Gasteiger partial charge in [0.2, 0.25) is 0 Å². The number of piperazine rings is 1. The first kappa shape index (κ1) is 13.8. The van der Waals surface area contributed by atoms with Gasteiger partial charge in [0.15, 0.2) is 0 Å². The van der Waals surface area contributed by atoms with Crippen LogP contribution in [0.3, 0.4) is 0 Å². The monoisotopic (exact) mass is 275 g/mol. The Kier molecular flexibility index (Phi) is 4.22. The Bertz CT molecular complexity index is 497. The minimum atomic E-state index is 0.0899. The molecule has 2 aliphatic rings. The molecular weight excluding hydrogens is 250 g/mol. The van der Waals surface area contributed by atoms with Gasteiger partial charge in [-0.1, -0.05) is 12.8 Å². The second-order valence-electron chi connectivity index (χ2n) is 6.23. The SMILES string of the molecule is Cn1ccc(CN2CCN(C3CCCC3)CC2)cc1=O. The van der Waals surface area contributed by atoms with Crippen LogP contribution in [0.4, 0.5) is 0 Å². The van der Waals surface area contributed by atoms with Crippen molar-refractivity contribution < 1.29 is 0 Å². The average molecular weight is 275 g/mol. The van der Waals surface area contributed by atoms with Gasteiger partial charge in [-0.2, -0.15) is 0 Å². The smallest absolute Gasteiger partial charge is 0.250 e. The number of hydrogen-bond acceptors (Lipinski definition) is 3. The largest absolute Gasteiger partial charge is 0.319 e. The molecule has 4 heteroatoms. The second-order valence-corrected chi connectivity index (χ2v) is 6.23. The van der Waals surface area contributed by atoms with Crippen LogP contribution in [0.2, 0.25) is 0 Å². The molecule has 0 bridgehead atoms. The lowest BCUT2D eigenvalue weighted by molar-refractivity contribution is 0.0936. The van der Waals surface area contributed by atoms with Gasteiger partial charge in [0.05, 0.1) is 0 Å². The number of pyridine rings is 1. The molecule has 1 saturated heterocycles.